The Hall–Kier alpha value is -3.46. The first-order valence-electron chi connectivity index (χ1n) is 8.21. The summed E-state index contributed by atoms with van der Waals surface area (Å²) in [4.78, 5) is 0. The topological polar surface area (TPSA) is 28.0 Å². The zero-order valence-electron chi connectivity index (χ0n) is 13.7. The van der Waals surface area contributed by atoms with Crippen molar-refractivity contribution in [2.45, 2.75) is 0 Å². The summed E-state index contributed by atoms with van der Waals surface area (Å²) in [5.74, 6) is 0. The van der Waals surface area contributed by atoms with Crippen LogP contribution in [0.2, 0.25) is 0 Å². The lowest BCUT2D eigenvalue weighted by Crippen LogP contribution is -2.07. The van der Waals surface area contributed by atoms with Gasteiger partial charge in [-0.05, 0) is 47.2 Å². The van der Waals surface area contributed by atoms with Crippen molar-refractivity contribution in [1.82, 2.24) is 0 Å². The lowest BCUT2D eigenvalue weighted by atomic mass is 10.1. The van der Waals surface area contributed by atoms with Gasteiger partial charge in [-0.15, -0.1) is 5.11 Å². The first kappa shape index (κ1) is 15.1. The molecule has 0 aromatic heterocycles. The van der Waals surface area contributed by atoms with Gasteiger partial charge in [0, 0.05) is 0 Å². The third-order valence-corrected chi connectivity index (χ3v) is 3.98. The van der Waals surface area contributed by atoms with E-state index in [-0.39, 0.29) is 0 Å². The highest BCUT2D eigenvalue weighted by molar-refractivity contribution is 5.86. The molecule has 0 saturated carbocycles. The summed E-state index contributed by atoms with van der Waals surface area (Å²) < 4.78 is 0. The van der Waals surface area contributed by atoms with Gasteiger partial charge in [0.25, 0.3) is 0 Å². The van der Waals surface area contributed by atoms with Crippen molar-refractivity contribution < 1.29 is 0 Å². The minimum Gasteiger partial charge on any atom is -0.215 e. The van der Waals surface area contributed by atoms with Crippen LogP contribution in [0.5, 0.6) is 0 Å². The van der Waals surface area contributed by atoms with Gasteiger partial charge in [0.2, 0.25) is 0 Å². The molecule has 25 heavy (non-hydrogen) atoms. The van der Waals surface area contributed by atoms with Crippen LogP contribution in [-0.2, 0) is 0 Å². The van der Waals surface area contributed by atoms with Crippen LogP contribution in [0.25, 0.3) is 10.8 Å². The lowest BCUT2D eigenvalue weighted by Gasteiger charge is -2.18. The van der Waals surface area contributed by atoms with Crippen LogP contribution in [0, 0.1) is 0 Å². The molecule has 0 aliphatic rings. The van der Waals surface area contributed by atoms with E-state index in [0.29, 0.717) is 0 Å². The Morgan fingerprint density at radius 2 is 1.16 bits per heavy atom. The molecule has 3 heteroatoms. The standard InChI is InChI=1S/C22H17N3/c1-3-11-20(12-4-1)23-24-25(21-13-5-2-6-14-21)22-16-15-18-9-7-8-10-19(18)17-22/h1-17H. The quantitative estimate of drug-likeness (QED) is 0.304. The zero-order valence-corrected chi connectivity index (χ0v) is 13.7. The monoisotopic (exact) mass is 323 g/mol. The van der Waals surface area contributed by atoms with E-state index in [1.165, 1.54) is 10.8 Å². The van der Waals surface area contributed by atoms with E-state index in [0.717, 1.165) is 17.1 Å². The van der Waals surface area contributed by atoms with Crippen LogP contribution in [0.4, 0.5) is 17.1 Å². The first-order chi connectivity index (χ1) is 12.4. The summed E-state index contributed by atoms with van der Waals surface area (Å²) in [5.41, 5.74) is 2.77. The molecule has 0 aliphatic carbocycles. The Balaban J connectivity index is 1.77. The molecule has 0 spiro atoms. The van der Waals surface area contributed by atoms with Crippen molar-refractivity contribution in [1.29, 1.82) is 0 Å². The minimum atomic E-state index is 0.823. The number of anilines is 2. The maximum atomic E-state index is 4.50. The molecule has 120 valence electrons. The summed E-state index contributed by atoms with van der Waals surface area (Å²) >= 11 is 0. The SMILES string of the molecule is c1ccc(N=NN(c2ccccc2)c2ccc3ccccc3c2)cc1. The van der Waals surface area contributed by atoms with Gasteiger partial charge in [0.05, 0.1) is 17.1 Å². The van der Waals surface area contributed by atoms with E-state index < -0.39 is 0 Å². The first-order valence-corrected chi connectivity index (χ1v) is 8.21. The molecule has 0 N–H and O–H groups in total. The highest BCUT2D eigenvalue weighted by Gasteiger charge is 2.09. The van der Waals surface area contributed by atoms with E-state index in [1.54, 1.807) is 0 Å². The zero-order chi connectivity index (χ0) is 16.9. The average Bonchev–Trinajstić information content (AvgIpc) is 2.70. The van der Waals surface area contributed by atoms with Crippen LogP contribution < -0.4 is 5.01 Å². The van der Waals surface area contributed by atoms with Crippen molar-refractivity contribution in [3.05, 3.63) is 103 Å². The second kappa shape index (κ2) is 6.97. The second-order valence-electron chi connectivity index (χ2n) is 5.70. The highest BCUT2D eigenvalue weighted by atomic mass is 15.5. The van der Waals surface area contributed by atoms with Gasteiger partial charge < -0.3 is 0 Å². The van der Waals surface area contributed by atoms with E-state index >= 15 is 0 Å². The number of nitrogens with zero attached hydrogens (tertiary/aromatic N) is 3. The number of rotatable bonds is 4. The Morgan fingerprint density at radius 1 is 0.520 bits per heavy atom. The molecule has 0 atom stereocenters. The maximum Gasteiger partial charge on any atom is 0.0874 e. The van der Waals surface area contributed by atoms with Gasteiger partial charge in [-0.3, -0.25) is 0 Å². The number of benzene rings is 4. The molecule has 0 heterocycles. The fourth-order valence-electron chi connectivity index (χ4n) is 2.72. The molecular formula is C22H17N3. The molecule has 0 bridgehead atoms. The van der Waals surface area contributed by atoms with Gasteiger partial charge in [-0.2, -0.15) is 0 Å². The van der Waals surface area contributed by atoms with Crippen molar-refractivity contribution in [2.75, 3.05) is 5.01 Å². The second-order valence-corrected chi connectivity index (χ2v) is 5.70. The maximum absolute atomic E-state index is 4.50. The Kier molecular flexibility index (Phi) is 4.21. The minimum absolute atomic E-state index is 0.823. The fraction of sp³-hybridized carbons (Fsp3) is 0. The van der Waals surface area contributed by atoms with Gasteiger partial charge in [-0.1, -0.05) is 72.0 Å². The summed E-state index contributed by atoms with van der Waals surface area (Å²) in [6.45, 7) is 0. The van der Waals surface area contributed by atoms with E-state index in [4.69, 9.17) is 0 Å². The largest absolute Gasteiger partial charge is 0.215 e. The van der Waals surface area contributed by atoms with Crippen LogP contribution in [0.15, 0.2) is 113 Å². The van der Waals surface area contributed by atoms with E-state index in [1.807, 2.05) is 77.8 Å². The van der Waals surface area contributed by atoms with Crippen LogP contribution >= 0.6 is 0 Å². The molecule has 4 rings (SSSR count). The number of para-hydroxylation sites is 1. The molecular weight excluding hydrogens is 306 g/mol. The van der Waals surface area contributed by atoms with Crippen LogP contribution in [-0.4, -0.2) is 0 Å². The molecule has 0 fully saturated rings. The van der Waals surface area contributed by atoms with Crippen molar-refractivity contribution >= 4 is 27.8 Å². The van der Waals surface area contributed by atoms with Crippen molar-refractivity contribution in [2.24, 2.45) is 10.3 Å². The smallest absolute Gasteiger partial charge is 0.0874 e. The summed E-state index contributed by atoms with van der Waals surface area (Å²) in [6.07, 6.45) is 0. The molecule has 4 aromatic carbocycles. The van der Waals surface area contributed by atoms with Crippen molar-refractivity contribution in [3.63, 3.8) is 0 Å². The number of fused-ring (bicyclic) bond motifs is 1. The molecule has 0 aliphatic heterocycles. The summed E-state index contributed by atoms with van der Waals surface area (Å²) in [5, 5.41) is 13.1. The third kappa shape index (κ3) is 3.40. The van der Waals surface area contributed by atoms with Gasteiger partial charge in [0.1, 0.15) is 0 Å². The average molecular weight is 323 g/mol. The predicted octanol–water partition coefficient (Wildman–Crippen LogP) is 6.68. The number of hydrogen-bond acceptors (Lipinski definition) is 2. The summed E-state index contributed by atoms with van der Waals surface area (Å²) in [6, 6.07) is 34.4. The molecule has 3 nitrogen and oxygen atoms in total. The van der Waals surface area contributed by atoms with E-state index in [2.05, 4.69) is 40.7 Å². The van der Waals surface area contributed by atoms with Crippen LogP contribution in [0.1, 0.15) is 0 Å². The number of hydrogen-bond donors (Lipinski definition) is 0. The summed E-state index contributed by atoms with van der Waals surface area (Å²) in [7, 11) is 0. The molecule has 4 aromatic rings. The van der Waals surface area contributed by atoms with Crippen LogP contribution in [0.3, 0.4) is 0 Å². The Bertz CT molecular complexity index is 995. The lowest BCUT2D eigenvalue weighted by molar-refractivity contribution is 0.975. The molecule has 0 saturated heterocycles. The van der Waals surface area contributed by atoms with Gasteiger partial charge >= 0.3 is 0 Å². The van der Waals surface area contributed by atoms with Crippen molar-refractivity contribution in [3.8, 4) is 0 Å². The van der Waals surface area contributed by atoms with E-state index in [9.17, 15) is 0 Å². The van der Waals surface area contributed by atoms with Gasteiger partial charge in [0.15, 0.2) is 0 Å². The Labute approximate surface area is 146 Å². The fourth-order valence-corrected chi connectivity index (χ4v) is 2.72. The highest BCUT2D eigenvalue weighted by Crippen LogP contribution is 2.29. The van der Waals surface area contributed by atoms with Gasteiger partial charge in [-0.25, -0.2) is 5.01 Å². The third-order valence-electron chi connectivity index (χ3n) is 3.98. The normalized spacial score (nSPS) is 11.0. The molecule has 0 amide bonds. The molecule has 0 unspecified atom stereocenters. The Morgan fingerprint density at radius 3 is 1.92 bits per heavy atom. The molecule has 0 radical (unpaired) electrons. The predicted molar refractivity (Wildman–Crippen MR) is 103 cm³/mol.